The van der Waals surface area contributed by atoms with Gasteiger partial charge >= 0.3 is 0 Å². The molecule has 0 atom stereocenters. The summed E-state index contributed by atoms with van der Waals surface area (Å²) in [6, 6.07) is 51.2. The second kappa shape index (κ2) is 9.55. The maximum absolute atomic E-state index is 6.16. The maximum Gasteiger partial charge on any atom is 0.138 e. The van der Waals surface area contributed by atoms with Crippen LogP contribution in [0.5, 0.6) is 0 Å². The fraction of sp³-hybridized carbons (Fsp3) is 0. The smallest absolute Gasteiger partial charge is 0.138 e. The van der Waals surface area contributed by atoms with Gasteiger partial charge in [-0.3, -0.25) is 4.90 Å². The Bertz CT molecular complexity index is 2460. The molecule has 9 rings (SSSR count). The number of rotatable bonds is 4. The Labute approximate surface area is 251 Å². The molecule has 3 nitrogen and oxygen atoms in total. The van der Waals surface area contributed by atoms with Crippen LogP contribution in [0, 0.1) is 0 Å². The summed E-state index contributed by atoms with van der Waals surface area (Å²) in [5.41, 5.74) is 7.26. The second-order valence-electron chi connectivity index (χ2n) is 10.8. The third-order valence-corrected chi connectivity index (χ3v) is 9.46. The molecule has 3 aromatic heterocycles. The first-order valence-corrected chi connectivity index (χ1v) is 15.2. The second-order valence-corrected chi connectivity index (χ2v) is 11.9. The molecule has 0 saturated carbocycles. The number of aromatic nitrogens is 1. The van der Waals surface area contributed by atoms with Crippen LogP contribution in [0.3, 0.4) is 0 Å². The molecule has 0 bridgehead atoms. The number of anilines is 3. The molecule has 0 fully saturated rings. The minimum Gasteiger partial charge on any atom is -0.456 e. The van der Waals surface area contributed by atoms with Gasteiger partial charge in [-0.1, -0.05) is 97.1 Å². The first kappa shape index (κ1) is 24.2. The number of para-hydroxylation sites is 1. The maximum atomic E-state index is 6.16. The fourth-order valence-corrected chi connectivity index (χ4v) is 7.36. The number of thiophene rings is 1. The molecular weight excluding hydrogens is 545 g/mol. The Kier molecular flexibility index (Phi) is 5.37. The minimum atomic E-state index is 0.875. The van der Waals surface area contributed by atoms with E-state index in [1.54, 1.807) is 0 Å². The van der Waals surface area contributed by atoms with Crippen molar-refractivity contribution in [2.24, 2.45) is 0 Å². The first-order chi connectivity index (χ1) is 21.3. The first-order valence-electron chi connectivity index (χ1n) is 14.4. The van der Waals surface area contributed by atoms with Gasteiger partial charge in [-0.2, -0.15) is 0 Å². The largest absolute Gasteiger partial charge is 0.456 e. The van der Waals surface area contributed by atoms with E-state index in [0.717, 1.165) is 44.6 Å². The zero-order valence-electron chi connectivity index (χ0n) is 23.1. The third kappa shape index (κ3) is 3.92. The molecule has 4 heteroatoms. The van der Waals surface area contributed by atoms with Crippen molar-refractivity contribution in [1.82, 2.24) is 4.98 Å². The number of furan rings is 1. The molecule has 202 valence electrons. The molecule has 6 aromatic carbocycles. The number of nitrogens with zero attached hydrogens (tertiary/aromatic N) is 2. The highest BCUT2D eigenvalue weighted by Crippen LogP contribution is 2.42. The van der Waals surface area contributed by atoms with E-state index in [4.69, 9.17) is 9.40 Å². The van der Waals surface area contributed by atoms with Gasteiger partial charge in [0.25, 0.3) is 0 Å². The van der Waals surface area contributed by atoms with Crippen LogP contribution >= 0.6 is 11.3 Å². The highest BCUT2D eigenvalue weighted by atomic mass is 32.1. The van der Waals surface area contributed by atoms with Crippen LogP contribution in [0.4, 0.5) is 17.2 Å². The lowest BCUT2D eigenvalue weighted by Gasteiger charge is -2.24. The van der Waals surface area contributed by atoms with Gasteiger partial charge in [0.15, 0.2) is 0 Å². The number of hydrogen-bond acceptors (Lipinski definition) is 4. The molecule has 0 saturated heterocycles. The molecule has 0 aliphatic rings. The lowest BCUT2D eigenvalue weighted by molar-refractivity contribution is 0.669. The molecule has 0 N–H and O–H groups in total. The van der Waals surface area contributed by atoms with Gasteiger partial charge in [0, 0.05) is 32.2 Å². The number of fused-ring (bicyclic) bond motifs is 8. The summed E-state index contributed by atoms with van der Waals surface area (Å²) < 4.78 is 8.63. The molecule has 0 spiro atoms. The Morgan fingerprint density at radius 1 is 0.512 bits per heavy atom. The Hall–Kier alpha value is -5.45. The van der Waals surface area contributed by atoms with Crippen molar-refractivity contribution in [1.29, 1.82) is 0 Å². The van der Waals surface area contributed by atoms with Crippen molar-refractivity contribution in [3.63, 3.8) is 0 Å². The molecule has 0 radical (unpaired) electrons. The fourth-order valence-electron chi connectivity index (χ4n) is 6.19. The Morgan fingerprint density at radius 2 is 1.23 bits per heavy atom. The average molecular weight is 569 g/mol. The van der Waals surface area contributed by atoms with Gasteiger partial charge in [0.05, 0.1) is 10.2 Å². The minimum absolute atomic E-state index is 0.875. The van der Waals surface area contributed by atoms with Gasteiger partial charge in [-0.05, 0) is 70.4 Å². The van der Waals surface area contributed by atoms with Crippen LogP contribution in [0.1, 0.15) is 0 Å². The average Bonchev–Trinajstić information content (AvgIpc) is 3.64. The van der Waals surface area contributed by atoms with Crippen LogP contribution in [0.2, 0.25) is 0 Å². The van der Waals surface area contributed by atoms with Gasteiger partial charge in [0.1, 0.15) is 17.0 Å². The summed E-state index contributed by atoms with van der Waals surface area (Å²) in [7, 11) is 0. The van der Waals surface area contributed by atoms with Crippen molar-refractivity contribution >= 4 is 81.5 Å². The Balaban J connectivity index is 1.25. The third-order valence-electron chi connectivity index (χ3n) is 8.27. The normalized spacial score (nSPS) is 11.7. The zero-order valence-corrected chi connectivity index (χ0v) is 23.9. The predicted octanol–water partition coefficient (Wildman–Crippen LogP) is 11.6. The molecule has 43 heavy (non-hydrogen) atoms. The topological polar surface area (TPSA) is 29.3 Å². The lowest BCUT2D eigenvalue weighted by atomic mass is 10.0. The number of hydrogen-bond donors (Lipinski definition) is 0. The van der Waals surface area contributed by atoms with Crippen molar-refractivity contribution in [3.8, 4) is 11.1 Å². The van der Waals surface area contributed by atoms with Crippen molar-refractivity contribution in [2.75, 3.05) is 4.90 Å². The van der Waals surface area contributed by atoms with Crippen LogP contribution in [-0.4, -0.2) is 4.98 Å². The van der Waals surface area contributed by atoms with Crippen LogP contribution < -0.4 is 4.90 Å². The van der Waals surface area contributed by atoms with Crippen molar-refractivity contribution in [2.45, 2.75) is 0 Å². The SMILES string of the molecule is c1ccc(-c2ccc(N(c3ccc4oc5ccccc5c4c3)c3ccc4sc5c6ccccc6ccc5c4n3)cc2)cc1. The number of pyridine rings is 1. The molecule has 0 unspecified atom stereocenters. The van der Waals surface area contributed by atoms with E-state index in [0.29, 0.717) is 0 Å². The quantitative estimate of drug-likeness (QED) is 0.211. The predicted molar refractivity (Wildman–Crippen MR) is 182 cm³/mol. The summed E-state index contributed by atoms with van der Waals surface area (Å²) >= 11 is 1.81. The molecule has 0 aliphatic carbocycles. The van der Waals surface area contributed by atoms with Crippen molar-refractivity contribution in [3.05, 3.63) is 146 Å². The monoisotopic (exact) mass is 568 g/mol. The Morgan fingerprint density at radius 3 is 2.12 bits per heavy atom. The highest BCUT2D eigenvalue weighted by molar-refractivity contribution is 7.26. The molecule has 0 amide bonds. The summed E-state index contributed by atoms with van der Waals surface area (Å²) in [5.74, 6) is 0.875. The van der Waals surface area contributed by atoms with Gasteiger partial charge in [-0.15, -0.1) is 11.3 Å². The van der Waals surface area contributed by atoms with Gasteiger partial charge < -0.3 is 4.42 Å². The van der Waals surface area contributed by atoms with Gasteiger partial charge in [-0.25, -0.2) is 4.98 Å². The molecule has 9 aromatic rings. The van der Waals surface area contributed by atoms with Gasteiger partial charge in [0.2, 0.25) is 0 Å². The van der Waals surface area contributed by atoms with Crippen LogP contribution in [-0.2, 0) is 0 Å². The lowest BCUT2D eigenvalue weighted by Crippen LogP contribution is -2.11. The van der Waals surface area contributed by atoms with E-state index in [9.17, 15) is 0 Å². The molecular formula is C39H24N2OS. The van der Waals surface area contributed by atoms with E-state index in [1.165, 1.54) is 36.7 Å². The summed E-state index contributed by atoms with van der Waals surface area (Å²) in [6.45, 7) is 0. The number of benzene rings is 6. The van der Waals surface area contributed by atoms with Crippen LogP contribution in [0.25, 0.3) is 64.1 Å². The van der Waals surface area contributed by atoms with E-state index in [2.05, 4.69) is 132 Å². The van der Waals surface area contributed by atoms with E-state index >= 15 is 0 Å². The van der Waals surface area contributed by atoms with E-state index in [1.807, 2.05) is 29.5 Å². The van der Waals surface area contributed by atoms with Crippen molar-refractivity contribution < 1.29 is 4.42 Å². The van der Waals surface area contributed by atoms with E-state index in [-0.39, 0.29) is 0 Å². The van der Waals surface area contributed by atoms with E-state index < -0.39 is 0 Å². The van der Waals surface area contributed by atoms with Crippen LogP contribution in [0.15, 0.2) is 150 Å². The summed E-state index contributed by atoms with van der Waals surface area (Å²) in [6.07, 6.45) is 0. The summed E-state index contributed by atoms with van der Waals surface area (Å²) in [4.78, 5) is 7.60. The molecule has 3 heterocycles. The molecule has 0 aliphatic heterocycles. The summed E-state index contributed by atoms with van der Waals surface area (Å²) in [5, 5.41) is 5.92. The highest BCUT2D eigenvalue weighted by Gasteiger charge is 2.19. The standard InChI is InChI=1S/C39H24N2OS/c1-2-8-25(9-3-1)26-14-17-28(18-15-26)41(29-19-21-35-33(24-29)31-12-6-7-13-34(31)42-35)37-23-22-36-38(40-37)32-20-16-27-10-4-5-11-30(27)39(32)43-36/h1-24H. The zero-order chi connectivity index (χ0) is 28.3.